The Bertz CT molecular complexity index is 359. The fraction of sp³-hybridized carbons (Fsp3) is 0.462. The molecule has 0 bridgehead atoms. The second kappa shape index (κ2) is 6.38. The summed E-state index contributed by atoms with van der Waals surface area (Å²) >= 11 is 7.26. The number of thiocarbonyl (C=S) groups is 1. The molecule has 4 heteroatoms. The van der Waals surface area contributed by atoms with Gasteiger partial charge in [0.2, 0.25) is 0 Å². The van der Waals surface area contributed by atoms with Gasteiger partial charge in [-0.05, 0) is 12.6 Å². The van der Waals surface area contributed by atoms with Gasteiger partial charge in [0.05, 0.1) is 0 Å². The van der Waals surface area contributed by atoms with Crippen molar-refractivity contribution >= 4 is 28.3 Å². The molecule has 2 nitrogen and oxygen atoms in total. The standard InChI is InChI=1S/C13H18N2S2/c1-14-7-9-15(10-8-14)13(16)17-11-12-5-3-2-4-6-12/h2-6H,7-11H2,1H3. The number of benzene rings is 1. The van der Waals surface area contributed by atoms with Gasteiger partial charge in [-0.3, -0.25) is 0 Å². The predicted octanol–water partition coefficient (Wildman–Crippen LogP) is 2.45. The van der Waals surface area contributed by atoms with E-state index in [0.29, 0.717) is 0 Å². The van der Waals surface area contributed by atoms with Crippen molar-refractivity contribution in [3.8, 4) is 0 Å². The SMILES string of the molecule is CN1CCN(C(=S)SCc2ccccc2)CC1. The lowest BCUT2D eigenvalue weighted by Gasteiger charge is -2.33. The molecule has 92 valence electrons. The summed E-state index contributed by atoms with van der Waals surface area (Å²) in [5, 5.41) is 0. The predicted molar refractivity (Wildman–Crippen MR) is 79.4 cm³/mol. The number of nitrogens with zero attached hydrogens (tertiary/aromatic N) is 2. The molecular formula is C13H18N2S2. The van der Waals surface area contributed by atoms with Crippen molar-refractivity contribution in [2.75, 3.05) is 33.2 Å². The van der Waals surface area contributed by atoms with Gasteiger partial charge in [0.25, 0.3) is 0 Å². The first kappa shape index (κ1) is 12.9. The van der Waals surface area contributed by atoms with Crippen molar-refractivity contribution in [2.45, 2.75) is 5.75 Å². The molecule has 0 atom stereocenters. The van der Waals surface area contributed by atoms with Crippen LogP contribution in [-0.4, -0.2) is 47.3 Å². The minimum absolute atomic E-state index is 0.978. The maximum atomic E-state index is 5.48. The van der Waals surface area contributed by atoms with Gasteiger partial charge in [-0.25, -0.2) is 0 Å². The summed E-state index contributed by atoms with van der Waals surface area (Å²) in [5.41, 5.74) is 1.34. The third-order valence-corrected chi connectivity index (χ3v) is 4.56. The van der Waals surface area contributed by atoms with Crippen LogP contribution in [0, 0.1) is 0 Å². The molecule has 2 rings (SSSR count). The summed E-state index contributed by atoms with van der Waals surface area (Å²) in [6, 6.07) is 10.5. The van der Waals surface area contributed by atoms with E-state index in [4.69, 9.17) is 12.2 Å². The Morgan fingerprint density at radius 2 is 1.82 bits per heavy atom. The van der Waals surface area contributed by atoms with E-state index < -0.39 is 0 Å². The van der Waals surface area contributed by atoms with Crippen LogP contribution in [0.1, 0.15) is 5.56 Å². The quantitative estimate of drug-likeness (QED) is 0.758. The van der Waals surface area contributed by atoms with Crippen molar-refractivity contribution < 1.29 is 0 Å². The molecular weight excluding hydrogens is 248 g/mol. The molecule has 0 aromatic heterocycles. The summed E-state index contributed by atoms with van der Waals surface area (Å²) in [7, 11) is 2.16. The molecule has 1 aromatic rings. The van der Waals surface area contributed by atoms with Gasteiger partial charge in [-0.2, -0.15) is 0 Å². The number of piperazine rings is 1. The second-order valence-electron chi connectivity index (χ2n) is 4.33. The smallest absolute Gasteiger partial charge is 0.136 e. The van der Waals surface area contributed by atoms with E-state index in [1.807, 2.05) is 6.07 Å². The third-order valence-electron chi connectivity index (χ3n) is 2.97. The number of hydrogen-bond acceptors (Lipinski definition) is 3. The molecule has 1 saturated heterocycles. The molecule has 1 heterocycles. The van der Waals surface area contributed by atoms with E-state index in [1.54, 1.807) is 11.8 Å². The Hall–Kier alpha value is -0.580. The van der Waals surface area contributed by atoms with Gasteiger partial charge < -0.3 is 9.80 Å². The van der Waals surface area contributed by atoms with Crippen LogP contribution in [-0.2, 0) is 5.75 Å². The van der Waals surface area contributed by atoms with E-state index in [-0.39, 0.29) is 0 Å². The van der Waals surface area contributed by atoms with E-state index in [2.05, 4.69) is 41.1 Å². The number of thioether (sulfide) groups is 1. The van der Waals surface area contributed by atoms with Gasteiger partial charge >= 0.3 is 0 Å². The van der Waals surface area contributed by atoms with Crippen LogP contribution in [0.5, 0.6) is 0 Å². The number of hydrogen-bond donors (Lipinski definition) is 0. The largest absolute Gasteiger partial charge is 0.355 e. The fourth-order valence-corrected chi connectivity index (χ4v) is 3.01. The summed E-state index contributed by atoms with van der Waals surface area (Å²) in [6.07, 6.45) is 0. The van der Waals surface area contributed by atoms with E-state index >= 15 is 0 Å². The van der Waals surface area contributed by atoms with Crippen molar-refractivity contribution in [1.82, 2.24) is 9.80 Å². The van der Waals surface area contributed by atoms with Crippen LogP contribution in [0.15, 0.2) is 30.3 Å². The van der Waals surface area contributed by atoms with Crippen LogP contribution in [0.4, 0.5) is 0 Å². The van der Waals surface area contributed by atoms with E-state index in [1.165, 1.54) is 5.56 Å². The van der Waals surface area contributed by atoms with Gasteiger partial charge in [0.1, 0.15) is 4.32 Å². The Kier molecular flexibility index (Phi) is 4.83. The minimum atomic E-state index is 0.978. The van der Waals surface area contributed by atoms with Crippen LogP contribution in [0.2, 0.25) is 0 Å². The zero-order valence-electron chi connectivity index (χ0n) is 10.1. The Balaban J connectivity index is 1.78. The number of rotatable bonds is 2. The molecule has 1 aromatic carbocycles. The van der Waals surface area contributed by atoms with Gasteiger partial charge in [-0.15, -0.1) is 0 Å². The summed E-state index contributed by atoms with van der Waals surface area (Å²) in [4.78, 5) is 4.67. The summed E-state index contributed by atoms with van der Waals surface area (Å²) < 4.78 is 1.04. The summed E-state index contributed by atoms with van der Waals surface area (Å²) in [5.74, 6) is 0.978. The highest BCUT2D eigenvalue weighted by atomic mass is 32.2. The lowest BCUT2D eigenvalue weighted by Crippen LogP contribution is -2.45. The van der Waals surface area contributed by atoms with Crippen molar-refractivity contribution in [3.63, 3.8) is 0 Å². The van der Waals surface area contributed by atoms with E-state index in [9.17, 15) is 0 Å². The van der Waals surface area contributed by atoms with Crippen molar-refractivity contribution in [1.29, 1.82) is 0 Å². The highest BCUT2D eigenvalue weighted by Gasteiger charge is 2.16. The Labute approximate surface area is 113 Å². The van der Waals surface area contributed by atoms with Crippen LogP contribution in [0.25, 0.3) is 0 Å². The third kappa shape index (κ3) is 3.98. The molecule has 17 heavy (non-hydrogen) atoms. The van der Waals surface area contributed by atoms with Crippen molar-refractivity contribution in [3.05, 3.63) is 35.9 Å². The first-order valence-corrected chi connectivity index (χ1v) is 7.29. The monoisotopic (exact) mass is 266 g/mol. The molecule has 0 unspecified atom stereocenters. The minimum Gasteiger partial charge on any atom is -0.355 e. The molecule has 1 aliphatic rings. The van der Waals surface area contributed by atoms with Crippen molar-refractivity contribution in [2.24, 2.45) is 0 Å². The normalized spacial score (nSPS) is 17.1. The maximum absolute atomic E-state index is 5.48. The van der Waals surface area contributed by atoms with Crippen LogP contribution >= 0.6 is 24.0 Å². The molecule has 0 saturated carbocycles. The molecule has 0 N–H and O–H groups in total. The first-order valence-electron chi connectivity index (χ1n) is 5.90. The summed E-state index contributed by atoms with van der Waals surface area (Å²) in [6.45, 7) is 4.37. The maximum Gasteiger partial charge on any atom is 0.136 e. The lowest BCUT2D eigenvalue weighted by molar-refractivity contribution is 0.220. The first-order chi connectivity index (χ1) is 8.25. The Morgan fingerprint density at radius 1 is 1.18 bits per heavy atom. The second-order valence-corrected chi connectivity index (χ2v) is 5.94. The molecule has 1 fully saturated rings. The zero-order valence-corrected chi connectivity index (χ0v) is 11.8. The highest BCUT2D eigenvalue weighted by molar-refractivity contribution is 8.22. The average Bonchev–Trinajstić information content (AvgIpc) is 2.38. The Morgan fingerprint density at radius 3 is 2.47 bits per heavy atom. The molecule has 0 aliphatic carbocycles. The van der Waals surface area contributed by atoms with Gasteiger partial charge in [-0.1, -0.05) is 54.3 Å². The molecule has 0 radical (unpaired) electrons. The van der Waals surface area contributed by atoms with Crippen LogP contribution in [0.3, 0.4) is 0 Å². The van der Waals surface area contributed by atoms with Gasteiger partial charge in [0.15, 0.2) is 0 Å². The molecule has 1 aliphatic heterocycles. The average molecular weight is 266 g/mol. The zero-order chi connectivity index (χ0) is 12.1. The topological polar surface area (TPSA) is 6.48 Å². The molecule has 0 spiro atoms. The fourth-order valence-electron chi connectivity index (χ4n) is 1.80. The number of likely N-dealkylation sites (N-methyl/N-ethyl adjacent to an activating group) is 1. The lowest BCUT2D eigenvalue weighted by atomic mass is 10.2. The van der Waals surface area contributed by atoms with Gasteiger partial charge in [0, 0.05) is 31.9 Å². The molecule has 0 amide bonds. The van der Waals surface area contributed by atoms with E-state index in [0.717, 1.165) is 36.3 Å². The van der Waals surface area contributed by atoms with Crippen LogP contribution < -0.4 is 0 Å². The highest BCUT2D eigenvalue weighted by Crippen LogP contribution is 2.17.